The molecule has 0 atom stereocenters. The molecule has 18 heavy (non-hydrogen) atoms. The quantitative estimate of drug-likeness (QED) is 0.791. The lowest BCUT2D eigenvalue weighted by atomic mass is 10.2. The fraction of sp³-hybridized carbons (Fsp3) is 0.429. The molecule has 1 aromatic heterocycles. The van der Waals surface area contributed by atoms with Gasteiger partial charge in [-0.2, -0.15) is 0 Å². The maximum atomic E-state index is 5.48. The molecule has 0 bridgehead atoms. The molecule has 0 aliphatic carbocycles. The molecule has 2 rings (SSSR count). The number of nitrogens with zero attached hydrogens (tertiary/aromatic N) is 3. The van der Waals surface area contributed by atoms with Gasteiger partial charge in [-0.3, -0.25) is 4.98 Å². The molecule has 0 aliphatic heterocycles. The summed E-state index contributed by atoms with van der Waals surface area (Å²) in [5.41, 5.74) is 7.37. The SMILES string of the molecule is CN(CCCCCN)c1cnc2ccccc2n1. The summed E-state index contributed by atoms with van der Waals surface area (Å²) in [5.74, 6) is 0.932. The summed E-state index contributed by atoms with van der Waals surface area (Å²) >= 11 is 0. The van der Waals surface area contributed by atoms with Crippen LogP contribution in [0.5, 0.6) is 0 Å². The Bertz CT molecular complexity index is 498. The molecule has 0 spiro atoms. The molecule has 0 radical (unpaired) electrons. The largest absolute Gasteiger partial charge is 0.358 e. The highest BCUT2D eigenvalue weighted by Crippen LogP contribution is 2.14. The van der Waals surface area contributed by atoms with Crippen molar-refractivity contribution < 1.29 is 0 Å². The minimum absolute atomic E-state index is 0.777. The number of benzene rings is 1. The molecule has 0 unspecified atom stereocenters. The highest BCUT2D eigenvalue weighted by molar-refractivity contribution is 5.75. The molecule has 2 N–H and O–H groups in total. The number of hydrogen-bond acceptors (Lipinski definition) is 4. The van der Waals surface area contributed by atoms with Crippen molar-refractivity contribution >= 4 is 16.9 Å². The summed E-state index contributed by atoms with van der Waals surface area (Å²) < 4.78 is 0. The lowest BCUT2D eigenvalue weighted by Gasteiger charge is -2.17. The molecule has 4 nitrogen and oxygen atoms in total. The van der Waals surface area contributed by atoms with Crippen LogP contribution in [0.25, 0.3) is 11.0 Å². The monoisotopic (exact) mass is 244 g/mol. The van der Waals surface area contributed by atoms with Gasteiger partial charge < -0.3 is 10.6 Å². The molecule has 96 valence electrons. The van der Waals surface area contributed by atoms with Crippen LogP contribution >= 0.6 is 0 Å². The van der Waals surface area contributed by atoms with Crippen molar-refractivity contribution in [3.8, 4) is 0 Å². The Morgan fingerprint density at radius 3 is 2.67 bits per heavy atom. The van der Waals surface area contributed by atoms with E-state index < -0.39 is 0 Å². The summed E-state index contributed by atoms with van der Waals surface area (Å²) in [6.07, 6.45) is 5.24. The van der Waals surface area contributed by atoms with Crippen molar-refractivity contribution in [2.75, 3.05) is 25.0 Å². The van der Waals surface area contributed by atoms with Gasteiger partial charge >= 0.3 is 0 Å². The van der Waals surface area contributed by atoms with Crippen molar-refractivity contribution in [3.05, 3.63) is 30.5 Å². The van der Waals surface area contributed by atoms with E-state index in [0.717, 1.165) is 42.8 Å². The third kappa shape index (κ3) is 3.17. The first-order valence-corrected chi connectivity index (χ1v) is 6.44. The standard InChI is InChI=1S/C14H20N4/c1-18(10-6-2-5-9-15)14-11-16-12-7-3-4-8-13(12)17-14/h3-4,7-8,11H,2,5-6,9-10,15H2,1H3. The topological polar surface area (TPSA) is 55.0 Å². The molecule has 0 saturated carbocycles. The first kappa shape index (κ1) is 12.8. The van der Waals surface area contributed by atoms with E-state index >= 15 is 0 Å². The van der Waals surface area contributed by atoms with Crippen LogP contribution in [0, 0.1) is 0 Å². The lowest BCUT2D eigenvalue weighted by molar-refractivity contribution is 0.676. The number of nitrogens with two attached hydrogens (primary N) is 1. The van der Waals surface area contributed by atoms with Gasteiger partial charge in [0.25, 0.3) is 0 Å². The molecule has 0 saturated heterocycles. The summed E-state index contributed by atoms with van der Waals surface area (Å²) in [6.45, 7) is 1.77. The second-order valence-electron chi connectivity index (χ2n) is 4.49. The number of unbranched alkanes of at least 4 members (excludes halogenated alkanes) is 2. The van der Waals surface area contributed by atoms with Gasteiger partial charge in [0, 0.05) is 13.6 Å². The Kier molecular flexibility index (Phi) is 4.47. The summed E-state index contributed by atoms with van der Waals surface area (Å²) in [7, 11) is 2.06. The number of para-hydroxylation sites is 2. The molecule has 1 aromatic carbocycles. The van der Waals surface area contributed by atoms with Crippen molar-refractivity contribution in [1.29, 1.82) is 0 Å². The maximum Gasteiger partial charge on any atom is 0.147 e. The predicted molar refractivity (Wildman–Crippen MR) is 75.7 cm³/mol. The number of anilines is 1. The van der Waals surface area contributed by atoms with Gasteiger partial charge in [-0.1, -0.05) is 18.6 Å². The van der Waals surface area contributed by atoms with E-state index in [0.29, 0.717) is 0 Å². The molecule has 1 heterocycles. The Labute approximate surface area is 108 Å². The van der Waals surface area contributed by atoms with Crippen LogP contribution in [0.15, 0.2) is 30.5 Å². The number of rotatable bonds is 6. The summed E-state index contributed by atoms with van der Waals surface area (Å²) in [4.78, 5) is 11.2. The van der Waals surface area contributed by atoms with E-state index in [-0.39, 0.29) is 0 Å². The smallest absolute Gasteiger partial charge is 0.147 e. The average Bonchev–Trinajstić information content (AvgIpc) is 2.43. The molecule has 0 amide bonds. The molecule has 0 aliphatic rings. The molecular weight excluding hydrogens is 224 g/mol. The van der Waals surface area contributed by atoms with Crippen LogP contribution in [0.1, 0.15) is 19.3 Å². The first-order chi connectivity index (χ1) is 8.81. The first-order valence-electron chi connectivity index (χ1n) is 6.44. The van der Waals surface area contributed by atoms with Crippen molar-refractivity contribution in [3.63, 3.8) is 0 Å². The highest BCUT2D eigenvalue weighted by Gasteiger charge is 2.04. The van der Waals surface area contributed by atoms with Crippen LogP contribution in [-0.4, -0.2) is 30.1 Å². The Balaban J connectivity index is 2.01. The van der Waals surface area contributed by atoms with Crippen LogP contribution in [0.4, 0.5) is 5.82 Å². The van der Waals surface area contributed by atoms with Crippen LogP contribution in [-0.2, 0) is 0 Å². The zero-order valence-corrected chi connectivity index (χ0v) is 10.8. The Morgan fingerprint density at radius 2 is 1.89 bits per heavy atom. The maximum absolute atomic E-state index is 5.48. The summed E-state index contributed by atoms with van der Waals surface area (Å²) in [5, 5.41) is 0. The van der Waals surface area contributed by atoms with Gasteiger partial charge in [0.15, 0.2) is 0 Å². The van der Waals surface area contributed by atoms with Gasteiger partial charge in [-0.05, 0) is 31.5 Å². The van der Waals surface area contributed by atoms with Gasteiger partial charge in [0.05, 0.1) is 17.2 Å². The van der Waals surface area contributed by atoms with E-state index in [1.807, 2.05) is 30.5 Å². The minimum atomic E-state index is 0.777. The number of aromatic nitrogens is 2. The van der Waals surface area contributed by atoms with Crippen LogP contribution < -0.4 is 10.6 Å². The van der Waals surface area contributed by atoms with Crippen molar-refractivity contribution in [1.82, 2.24) is 9.97 Å². The fourth-order valence-corrected chi connectivity index (χ4v) is 1.92. The van der Waals surface area contributed by atoms with E-state index in [9.17, 15) is 0 Å². The van der Waals surface area contributed by atoms with E-state index in [1.54, 1.807) is 0 Å². The fourth-order valence-electron chi connectivity index (χ4n) is 1.92. The molecule has 0 fully saturated rings. The third-order valence-corrected chi connectivity index (χ3v) is 3.02. The van der Waals surface area contributed by atoms with Crippen molar-refractivity contribution in [2.24, 2.45) is 5.73 Å². The lowest BCUT2D eigenvalue weighted by Crippen LogP contribution is -2.20. The predicted octanol–water partition coefficient (Wildman–Crippen LogP) is 2.20. The van der Waals surface area contributed by atoms with Gasteiger partial charge in [-0.15, -0.1) is 0 Å². The van der Waals surface area contributed by atoms with Crippen LogP contribution in [0.3, 0.4) is 0 Å². The van der Waals surface area contributed by atoms with E-state index in [2.05, 4.69) is 21.9 Å². The number of fused-ring (bicyclic) bond motifs is 1. The highest BCUT2D eigenvalue weighted by atomic mass is 15.2. The zero-order valence-electron chi connectivity index (χ0n) is 10.8. The van der Waals surface area contributed by atoms with Gasteiger partial charge in [0.2, 0.25) is 0 Å². The average molecular weight is 244 g/mol. The Hall–Kier alpha value is -1.68. The molecule has 4 heteroatoms. The van der Waals surface area contributed by atoms with E-state index in [4.69, 9.17) is 5.73 Å². The third-order valence-electron chi connectivity index (χ3n) is 3.02. The second kappa shape index (κ2) is 6.31. The van der Waals surface area contributed by atoms with Gasteiger partial charge in [0.1, 0.15) is 5.82 Å². The van der Waals surface area contributed by atoms with Crippen molar-refractivity contribution in [2.45, 2.75) is 19.3 Å². The minimum Gasteiger partial charge on any atom is -0.358 e. The van der Waals surface area contributed by atoms with Gasteiger partial charge in [-0.25, -0.2) is 4.98 Å². The Morgan fingerprint density at radius 1 is 1.11 bits per heavy atom. The second-order valence-corrected chi connectivity index (χ2v) is 4.49. The normalized spacial score (nSPS) is 10.8. The zero-order chi connectivity index (χ0) is 12.8. The summed E-state index contributed by atoms with van der Waals surface area (Å²) in [6, 6.07) is 7.94. The van der Waals surface area contributed by atoms with Crippen LogP contribution in [0.2, 0.25) is 0 Å². The van der Waals surface area contributed by atoms with E-state index in [1.165, 1.54) is 6.42 Å². The number of hydrogen-bond donors (Lipinski definition) is 1. The molecular formula is C14H20N4. The molecule has 2 aromatic rings.